The molecule has 2 aromatic rings. The van der Waals surface area contributed by atoms with Crippen molar-refractivity contribution in [2.45, 2.75) is 31.5 Å². The van der Waals surface area contributed by atoms with Gasteiger partial charge < -0.3 is 14.7 Å². The number of alkyl halides is 3. The van der Waals surface area contributed by atoms with E-state index in [0.717, 1.165) is 17.7 Å². The Morgan fingerprint density at radius 2 is 1.96 bits per heavy atom. The second-order valence-corrected chi connectivity index (χ2v) is 6.67. The number of benzene rings is 1. The van der Waals surface area contributed by atoms with Gasteiger partial charge in [-0.3, -0.25) is 0 Å². The van der Waals surface area contributed by atoms with Gasteiger partial charge in [0, 0.05) is 18.7 Å². The Morgan fingerprint density at radius 3 is 2.50 bits per heavy atom. The first-order valence-corrected chi connectivity index (χ1v) is 9.01. The van der Waals surface area contributed by atoms with Crippen LogP contribution in [-0.4, -0.2) is 41.9 Å². The maximum Gasteiger partial charge on any atom is 0.416 e. The molecule has 8 heteroatoms. The normalized spacial score (nSPS) is 19.7. The van der Waals surface area contributed by atoms with E-state index in [0.29, 0.717) is 24.3 Å². The van der Waals surface area contributed by atoms with Gasteiger partial charge in [-0.2, -0.15) is 13.2 Å². The quantitative estimate of drug-likeness (QED) is 0.785. The van der Waals surface area contributed by atoms with Crippen molar-refractivity contribution in [2.24, 2.45) is 0 Å². The second-order valence-electron chi connectivity index (χ2n) is 6.67. The number of pyridine rings is 1. The van der Waals surface area contributed by atoms with Gasteiger partial charge in [0.2, 0.25) is 0 Å². The molecule has 1 unspecified atom stereocenters. The summed E-state index contributed by atoms with van der Waals surface area (Å²) in [5.74, 6) is 0.122. The first-order valence-electron chi connectivity index (χ1n) is 9.01. The fourth-order valence-corrected chi connectivity index (χ4v) is 3.45. The molecule has 0 spiro atoms. The molecule has 0 bridgehead atoms. The lowest BCUT2D eigenvalue weighted by atomic mass is 9.95. The van der Waals surface area contributed by atoms with Crippen molar-refractivity contribution >= 4 is 11.8 Å². The molecule has 5 nitrogen and oxygen atoms in total. The summed E-state index contributed by atoms with van der Waals surface area (Å²) in [6, 6.07) is 8.24. The standard InChI is InChI=1S/C20H21F3N2O3/c1-2-28-19(27)14-5-8-18(24-10-14)25-11-15(9-17(25)12-26)13-3-6-16(7-4-13)20(21,22)23/h3-8,10,15,17,26H,2,9,11-12H2,1H3/t15?,17-/m0/s1. The van der Waals surface area contributed by atoms with Crippen molar-refractivity contribution in [3.05, 3.63) is 59.3 Å². The number of carbonyl (C=O) groups excluding carboxylic acids is 1. The van der Waals surface area contributed by atoms with Crippen LogP contribution in [0, 0.1) is 0 Å². The maximum atomic E-state index is 12.8. The highest BCUT2D eigenvalue weighted by Crippen LogP contribution is 2.36. The fraction of sp³-hybridized carbons (Fsp3) is 0.400. The van der Waals surface area contributed by atoms with Crippen LogP contribution >= 0.6 is 0 Å². The molecule has 0 radical (unpaired) electrons. The first-order chi connectivity index (χ1) is 13.3. The highest BCUT2D eigenvalue weighted by molar-refractivity contribution is 5.89. The minimum Gasteiger partial charge on any atom is -0.462 e. The molecular formula is C20H21F3N2O3. The van der Waals surface area contributed by atoms with Crippen LogP contribution in [0.3, 0.4) is 0 Å². The average Bonchev–Trinajstić information content (AvgIpc) is 3.12. The molecule has 1 aromatic heterocycles. The lowest BCUT2D eigenvalue weighted by Crippen LogP contribution is -2.32. The van der Waals surface area contributed by atoms with Gasteiger partial charge in [0.25, 0.3) is 0 Å². The highest BCUT2D eigenvalue weighted by Gasteiger charge is 2.34. The minimum absolute atomic E-state index is 0.0223. The summed E-state index contributed by atoms with van der Waals surface area (Å²) in [7, 11) is 0. The molecular weight excluding hydrogens is 373 g/mol. The monoisotopic (exact) mass is 394 g/mol. The molecule has 1 N–H and O–H groups in total. The fourth-order valence-electron chi connectivity index (χ4n) is 3.45. The molecule has 1 aliphatic rings. The minimum atomic E-state index is -4.36. The Labute approximate surface area is 160 Å². The van der Waals surface area contributed by atoms with Gasteiger partial charge in [0.1, 0.15) is 5.82 Å². The summed E-state index contributed by atoms with van der Waals surface area (Å²) in [5.41, 5.74) is 0.447. The zero-order chi connectivity index (χ0) is 20.3. The summed E-state index contributed by atoms with van der Waals surface area (Å²) >= 11 is 0. The van der Waals surface area contributed by atoms with E-state index in [4.69, 9.17) is 4.74 Å². The molecule has 1 fully saturated rings. The molecule has 0 saturated carbocycles. The lowest BCUT2D eigenvalue weighted by molar-refractivity contribution is -0.137. The van der Waals surface area contributed by atoms with Gasteiger partial charge in [0.05, 0.1) is 30.4 Å². The number of aliphatic hydroxyl groups is 1. The van der Waals surface area contributed by atoms with Gasteiger partial charge in [-0.05, 0) is 43.2 Å². The SMILES string of the molecule is CCOC(=O)c1ccc(N2CC(c3ccc(C(F)(F)F)cc3)C[C@H]2CO)nc1. The largest absolute Gasteiger partial charge is 0.462 e. The van der Waals surface area contributed by atoms with E-state index in [2.05, 4.69) is 4.98 Å². The number of hydrogen-bond acceptors (Lipinski definition) is 5. The van der Waals surface area contributed by atoms with Gasteiger partial charge in [-0.25, -0.2) is 9.78 Å². The third kappa shape index (κ3) is 4.27. The van der Waals surface area contributed by atoms with E-state index in [1.54, 1.807) is 19.1 Å². The number of anilines is 1. The third-order valence-corrected chi connectivity index (χ3v) is 4.89. The zero-order valence-corrected chi connectivity index (χ0v) is 15.3. The molecule has 1 saturated heterocycles. The molecule has 1 aromatic carbocycles. The Morgan fingerprint density at radius 1 is 1.25 bits per heavy atom. The van der Waals surface area contributed by atoms with Gasteiger partial charge >= 0.3 is 12.1 Å². The van der Waals surface area contributed by atoms with Gasteiger partial charge in [-0.15, -0.1) is 0 Å². The first kappa shape index (κ1) is 20.1. The summed E-state index contributed by atoms with van der Waals surface area (Å²) in [6.07, 6.45) is -2.34. The molecule has 28 heavy (non-hydrogen) atoms. The van der Waals surface area contributed by atoms with E-state index < -0.39 is 17.7 Å². The smallest absolute Gasteiger partial charge is 0.416 e. The molecule has 2 heterocycles. The summed E-state index contributed by atoms with van der Waals surface area (Å²) in [5, 5.41) is 9.73. The second kappa shape index (κ2) is 8.18. The van der Waals surface area contributed by atoms with Crippen molar-refractivity contribution in [3.8, 4) is 0 Å². The molecule has 3 rings (SSSR count). The van der Waals surface area contributed by atoms with E-state index in [9.17, 15) is 23.1 Å². The molecule has 0 amide bonds. The van der Waals surface area contributed by atoms with E-state index >= 15 is 0 Å². The van der Waals surface area contributed by atoms with Crippen molar-refractivity contribution in [2.75, 3.05) is 24.7 Å². The predicted molar refractivity (Wildman–Crippen MR) is 97.2 cm³/mol. The predicted octanol–water partition coefficient (Wildman–Crippen LogP) is 3.63. The van der Waals surface area contributed by atoms with Crippen LogP contribution in [-0.2, 0) is 10.9 Å². The number of aliphatic hydroxyl groups excluding tert-OH is 1. The number of halogens is 3. The van der Waals surface area contributed by atoms with E-state index in [1.807, 2.05) is 4.90 Å². The lowest BCUT2D eigenvalue weighted by Gasteiger charge is -2.24. The number of aromatic nitrogens is 1. The van der Waals surface area contributed by atoms with Crippen LogP contribution in [0.2, 0.25) is 0 Å². The summed E-state index contributed by atoms with van der Waals surface area (Å²) in [6.45, 7) is 2.41. The van der Waals surface area contributed by atoms with Gasteiger partial charge in [-0.1, -0.05) is 12.1 Å². The van der Waals surface area contributed by atoms with Gasteiger partial charge in [0.15, 0.2) is 0 Å². The Hall–Kier alpha value is -2.61. The summed E-state index contributed by atoms with van der Waals surface area (Å²) < 4.78 is 43.2. The van der Waals surface area contributed by atoms with Crippen LogP contribution in [0.15, 0.2) is 42.6 Å². The Kier molecular flexibility index (Phi) is 5.88. The molecule has 2 atom stereocenters. The molecule has 0 aliphatic carbocycles. The van der Waals surface area contributed by atoms with Crippen LogP contribution in [0.4, 0.5) is 19.0 Å². The third-order valence-electron chi connectivity index (χ3n) is 4.89. The molecule has 150 valence electrons. The van der Waals surface area contributed by atoms with Crippen molar-refractivity contribution in [1.29, 1.82) is 0 Å². The van der Waals surface area contributed by atoms with Crippen LogP contribution in [0.1, 0.15) is 40.7 Å². The topological polar surface area (TPSA) is 62.7 Å². The Balaban J connectivity index is 1.75. The van der Waals surface area contributed by atoms with E-state index in [1.165, 1.54) is 18.3 Å². The van der Waals surface area contributed by atoms with Crippen LogP contribution in [0.25, 0.3) is 0 Å². The Bertz CT molecular complexity index is 807. The average molecular weight is 394 g/mol. The number of hydrogen-bond donors (Lipinski definition) is 1. The van der Waals surface area contributed by atoms with Crippen molar-refractivity contribution in [1.82, 2.24) is 4.98 Å². The number of nitrogens with zero attached hydrogens (tertiary/aromatic N) is 2. The van der Waals surface area contributed by atoms with E-state index in [-0.39, 0.29) is 25.2 Å². The van der Waals surface area contributed by atoms with Crippen LogP contribution < -0.4 is 4.90 Å². The zero-order valence-electron chi connectivity index (χ0n) is 15.3. The van der Waals surface area contributed by atoms with Crippen molar-refractivity contribution in [3.63, 3.8) is 0 Å². The maximum absolute atomic E-state index is 12.8. The number of ether oxygens (including phenoxy) is 1. The number of carbonyl (C=O) groups is 1. The van der Waals surface area contributed by atoms with Crippen LogP contribution in [0.5, 0.6) is 0 Å². The molecule has 1 aliphatic heterocycles. The number of esters is 1. The number of rotatable bonds is 5. The highest BCUT2D eigenvalue weighted by atomic mass is 19.4. The van der Waals surface area contributed by atoms with Crippen molar-refractivity contribution < 1.29 is 27.8 Å². The summed E-state index contributed by atoms with van der Waals surface area (Å²) in [4.78, 5) is 18.0.